The second-order valence-corrected chi connectivity index (χ2v) is 4.86. The molecule has 3 rings (SSSR count). The maximum absolute atomic E-state index is 3.19. The fraction of sp³-hybridized carbons (Fsp3) is 0.300. The van der Waals surface area contributed by atoms with Crippen molar-refractivity contribution in [2.24, 2.45) is 0 Å². The molecule has 1 aromatic carbocycles. The first-order chi connectivity index (χ1) is 9.61. The maximum Gasteiger partial charge on any atom is 4.00 e. The number of hydrogen-bond acceptors (Lipinski definition) is 0. The Kier molecular flexibility index (Phi) is 15.0. The molecular formula is C20H23ClZr. The normalized spacial score (nSPS) is 14.4. The molecule has 0 saturated heterocycles. The summed E-state index contributed by atoms with van der Waals surface area (Å²) in [6.07, 6.45) is 12.8. The van der Waals surface area contributed by atoms with Crippen LogP contribution in [0.3, 0.4) is 0 Å². The van der Waals surface area contributed by atoms with Crippen LogP contribution in [-0.2, 0) is 26.2 Å². The van der Waals surface area contributed by atoms with Gasteiger partial charge in [-0.3, -0.25) is 12.2 Å². The van der Waals surface area contributed by atoms with Gasteiger partial charge in [0, 0.05) is 0 Å². The van der Waals surface area contributed by atoms with Crippen LogP contribution < -0.4 is 12.4 Å². The van der Waals surface area contributed by atoms with Gasteiger partial charge in [0.1, 0.15) is 0 Å². The van der Waals surface area contributed by atoms with Gasteiger partial charge in [0.05, 0.1) is 0 Å². The van der Waals surface area contributed by atoms with Crippen molar-refractivity contribution in [3.8, 4) is 0 Å². The molecule has 0 nitrogen and oxygen atoms in total. The predicted octanol–water partition coefficient (Wildman–Crippen LogP) is 2.66. The number of allylic oxidation sites excluding steroid dienone is 8. The molecule has 0 unspecified atom stereocenters. The van der Waals surface area contributed by atoms with E-state index in [0.29, 0.717) is 0 Å². The van der Waals surface area contributed by atoms with Gasteiger partial charge in [-0.05, 0) is 0 Å². The number of benzene rings is 1. The minimum Gasteiger partial charge on any atom is -1.00 e. The van der Waals surface area contributed by atoms with Crippen molar-refractivity contribution in [1.29, 1.82) is 0 Å². The molecule has 2 heteroatoms. The van der Waals surface area contributed by atoms with Crippen LogP contribution in [0.4, 0.5) is 0 Å². The third-order valence-electron chi connectivity index (χ3n) is 3.34. The zero-order valence-electron chi connectivity index (χ0n) is 13.8. The van der Waals surface area contributed by atoms with Crippen molar-refractivity contribution < 1.29 is 38.6 Å². The molecule has 0 aliphatic heterocycles. The van der Waals surface area contributed by atoms with Crippen molar-refractivity contribution in [2.45, 2.75) is 40.5 Å². The Hall–Kier alpha value is -0.647. The van der Waals surface area contributed by atoms with E-state index < -0.39 is 0 Å². The summed E-state index contributed by atoms with van der Waals surface area (Å²) in [4.78, 5) is 0. The van der Waals surface area contributed by atoms with E-state index in [1.807, 2.05) is 30.3 Å². The van der Waals surface area contributed by atoms with Gasteiger partial charge in [-0.15, -0.1) is 26.7 Å². The third kappa shape index (κ3) is 10.1. The van der Waals surface area contributed by atoms with E-state index in [0.717, 1.165) is 12.8 Å². The maximum atomic E-state index is 3.19. The summed E-state index contributed by atoms with van der Waals surface area (Å²) < 4.78 is 0. The van der Waals surface area contributed by atoms with Gasteiger partial charge in [0.25, 0.3) is 0 Å². The van der Waals surface area contributed by atoms with E-state index in [9.17, 15) is 0 Å². The van der Waals surface area contributed by atoms with Crippen LogP contribution in [0.1, 0.15) is 40.5 Å². The molecule has 0 fully saturated rings. The minimum absolute atomic E-state index is 0. The Labute approximate surface area is 161 Å². The van der Waals surface area contributed by atoms with Crippen LogP contribution in [-0.4, -0.2) is 0 Å². The van der Waals surface area contributed by atoms with Crippen molar-refractivity contribution in [2.75, 3.05) is 0 Å². The van der Waals surface area contributed by atoms with E-state index in [1.165, 1.54) is 22.3 Å². The van der Waals surface area contributed by atoms with E-state index >= 15 is 0 Å². The average Bonchev–Trinajstić information content (AvgIpc) is 3.03. The minimum atomic E-state index is 0. The summed E-state index contributed by atoms with van der Waals surface area (Å²) in [5.41, 5.74) is 5.42. The Morgan fingerprint density at radius 2 is 1.14 bits per heavy atom. The van der Waals surface area contributed by atoms with E-state index in [-0.39, 0.29) is 38.6 Å². The molecule has 0 heterocycles. The number of halogens is 1. The Balaban J connectivity index is 0. The standard InChI is InChI=1S/2C7H9.C6H5.ClH.Zr/c2*1-6-4-3-5-7(6)2;1-2-4-6-5-3-1;;/h2*4H,3H2,1-2H3;1-5H;1H;/q3*-1;;+4/p-1. The molecule has 114 valence electrons. The summed E-state index contributed by atoms with van der Waals surface area (Å²) in [7, 11) is 0. The monoisotopic (exact) mass is 388 g/mol. The van der Waals surface area contributed by atoms with Crippen LogP contribution in [0.15, 0.2) is 64.8 Å². The van der Waals surface area contributed by atoms with Crippen molar-refractivity contribution in [3.63, 3.8) is 0 Å². The number of rotatable bonds is 0. The summed E-state index contributed by atoms with van der Waals surface area (Å²) >= 11 is 0. The third-order valence-corrected chi connectivity index (χ3v) is 3.34. The second kappa shape index (κ2) is 14.0. The van der Waals surface area contributed by atoms with Gasteiger partial charge in [0.2, 0.25) is 0 Å². The molecule has 0 aromatic heterocycles. The first-order valence-corrected chi connectivity index (χ1v) is 7.01. The molecule has 0 amide bonds. The van der Waals surface area contributed by atoms with E-state index in [1.54, 1.807) is 0 Å². The van der Waals surface area contributed by atoms with Crippen LogP contribution in [0, 0.1) is 18.2 Å². The van der Waals surface area contributed by atoms with Crippen LogP contribution in [0.5, 0.6) is 0 Å². The summed E-state index contributed by atoms with van der Waals surface area (Å²) in [5, 5.41) is 0. The predicted molar refractivity (Wildman–Crippen MR) is 86.9 cm³/mol. The van der Waals surface area contributed by atoms with Gasteiger partial charge < -0.3 is 12.4 Å². The van der Waals surface area contributed by atoms with Crippen molar-refractivity contribution in [1.82, 2.24) is 0 Å². The molecule has 0 saturated carbocycles. The van der Waals surface area contributed by atoms with Crippen molar-refractivity contribution in [3.05, 3.63) is 83.0 Å². The number of hydrogen-bond donors (Lipinski definition) is 0. The summed E-state index contributed by atoms with van der Waals surface area (Å²) in [6, 6.07) is 12.5. The second-order valence-electron chi connectivity index (χ2n) is 4.86. The molecule has 0 atom stereocenters. The first kappa shape index (κ1) is 23.6. The zero-order chi connectivity index (χ0) is 14.8. The van der Waals surface area contributed by atoms with Crippen LogP contribution >= 0.6 is 0 Å². The van der Waals surface area contributed by atoms with Gasteiger partial charge in [-0.2, -0.15) is 48.6 Å². The average molecular weight is 390 g/mol. The van der Waals surface area contributed by atoms with Crippen molar-refractivity contribution >= 4 is 0 Å². The molecule has 0 radical (unpaired) electrons. The molecule has 0 spiro atoms. The SMILES string of the molecule is CC1=[C-]CC=C1C.CC1=[C-]CC=C1C.[Cl-].[Zr+4].[c-]1ccccc1. The fourth-order valence-electron chi connectivity index (χ4n) is 1.64. The molecule has 22 heavy (non-hydrogen) atoms. The quantitative estimate of drug-likeness (QED) is 0.598. The largest absolute Gasteiger partial charge is 4.00 e. The zero-order valence-corrected chi connectivity index (χ0v) is 17.0. The summed E-state index contributed by atoms with van der Waals surface area (Å²) in [6.45, 7) is 8.43. The van der Waals surface area contributed by atoms with E-state index in [2.05, 4.69) is 58.1 Å². The molecular weight excluding hydrogens is 367 g/mol. The molecule has 0 N–H and O–H groups in total. The Bertz CT molecular complexity index is 429. The van der Waals surface area contributed by atoms with Crippen LogP contribution in [0.2, 0.25) is 0 Å². The molecule has 2 aliphatic carbocycles. The van der Waals surface area contributed by atoms with E-state index in [4.69, 9.17) is 0 Å². The fourth-order valence-corrected chi connectivity index (χ4v) is 1.64. The van der Waals surface area contributed by atoms with Gasteiger partial charge in [-0.25, -0.2) is 22.3 Å². The topological polar surface area (TPSA) is 0 Å². The van der Waals surface area contributed by atoms with Gasteiger partial charge >= 0.3 is 26.2 Å². The summed E-state index contributed by atoms with van der Waals surface area (Å²) in [5.74, 6) is 0. The Morgan fingerprint density at radius 1 is 0.727 bits per heavy atom. The molecule has 2 aliphatic rings. The van der Waals surface area contributed by atoms with Gasteiger partial charge in [-0.1, -0.05) is 13.8 Å². The molecule has 0 bridgehead atoms. The Morgan fingerprint density at radius 3 is 1.23 bits per heavy atom. The smallest absolute Gasteiger partial charge is 1.00 e. The van der Waals surface area contributed by atoms with Gasteiger partial charge in [0.15, 0.2) is 0 Å². The van der Waals surface area contributed by atoms with Crippen LogP contribution in [0.25, 0.3) is 0 Å². The molecule has 1 aromatic rings. The first-order valence-electron chi connectivity index (χ1n) is 7.01.